The van der Waals surface area contributed by atoms with Crippen molar-refractivity contribution < 1.29 is 9.59 Å². The van der Waals surface area contributed by atoms with Gasteiger partial charge in [-0.05, 0) is 55.2 Å². The first-order chi connectivity index (χ1) is 14.9. The lowest BCUT2D eigenvalue weighted by molar-refractivity contribution is -0.114. The Morgan fingerprint density at radius 1 is 0.968 bits per heavy atom. The molecule has 3 N–H and O–H groups in total. The van der Waals surface area contributed by atoms with Crippen molar-refractivity contribution >= 4 is 23.5 Å². The maximum Gasteiger partial charge on any atom is 0.253 e. The molecule has 7 heteroatoms. The average Bonchev–Trinajstić information content (AvgIpc) is 2.77. The fourth-order valence-corrected chi connectivity index (χ4v) is 3.01. The lowest BCUT2D eigenvalue weighted by Gasteiger charge is -2.13. The van der Waals surface area contributed by atoms with Gasteiger partial charge in [-0.2, -0.15) is 0 Å². The molecule has 0 spiro atoms. The summed E-state index contributed by atoms with van der Waals surface area (Å²) in [6, 6.07) is 15.4. The average molecular weight is 424 g/mol. The zero-order chi connectivity index (χ0) is 22.6. The number of aryl methyl sites for hydroxylation is 1. The highest BCUT2D eigenvalue weighted by atomic mass is 16.2. The third-order valence-corrected chi connectivity index (χ3v) is 4.63. The van der Waals surface area contributed by atoms with Gasteiger partial charge in [0.1, 0.15) is 6.54 Å². The standard InChI is InChI=1S/C24H33N5O2/c1-5-18-9-8-12-21(16-18)28-22(30)17-27-24(25-6-2)26-14-13-19-10-7-11-20(15-19)23(31)29(3)4/h7-12,15-16H,5-6,13-14,17H2,1-4H3,(H,28,30)(H2,25,26,27). The van der Waals surface area contributed by atoms with Gasteiger partial charge in [0, 0.05) is 38.4 Å². The molecule has 166 valence electrons. The minimum absolute atomic E-state index is 0.0137. The van der Waals surface area contributed by atoms with Crippen LogP contribution in [0.1, 0.15) is 35.3 Å². The predicted molar refractivity (Wildman–Crippen MR) is 127 cm³/mol. The van der Waals surface area contributed by atoms with Crippen molar-refractivity contribution in [2.45, 2.75) is 26.7 Å². The van der Waals surface area contributed by atoms with E-state index in [0.717, 1.165) is 24.1 Å². The number of nitrogens with one attached hydrogen (secondary N) is 3. The van der Waals surface area contributed by atoms with Crippen LogP contribution in [0.3, 0.4) is 0 Å². The van der Waals surface area contributed by atoms with Crippen molar-refractivity contribution in [2.75, 3.05) is 39.0 Å². The van der Waals surface area contributed by atoms with E-state index in [2.05, 4.69) is 27.9 Å². The second-order valence-electron chi connectivity index (χ2n) is 7.37. The van der Waals surface area contributed by atoms with E-state index in [1.807, 2.05) is 55.5 Å². The molecule has 0 aliphatic heterocycles. The summed E-state index contributed by atoms with van der Waals surface area (Å²) in [5.74, 6) is 0.404. The van der Waals surface area contributed by atoms with Crippen LogP contribution in [-0.2, 0) is 17.6 Å². The summed E-state index contributed by atoms with van der Waals surface area (Å²) in [5.41, 5.74) is 3.69. The molecule has 2 amide bonds. The Balaban J connectivity index is 1.89. The normalized spacial score (nSPS) is 11.0. The molecule has 0 saturated carbocycles. The van der Waals surface area contributed by atoms with E-state index in [-0.39, 0.29) is 18.4 Å². The first-order valence-electron chi connectivity index (χ1n) is 10.6. The number of aliphatic imine (C=N–C) groups is 1. The smallest absolute Gasteiger partial charge is 0.253 e. The van der Waals surface area contributed by atoms with Crippen molar-refractivity contribution in [1.29, 1.82) is 0 Å². The molecule has 0 heterocycles. The quantitative estimate of drug-likeness (QED) is 0.428. The molecule has 2 rings (SSSR count). The van der Waals surface area contributed by atoms with Crippen LogP contribution in [0.2, 0.25) is 0 Å². The summed E-state index contributed by atoms with van der Waals surface area (Å²) in [7, 11) is 3.48. The Morgan fingerprint density at radius 2 is 1.71 bits per heavy atom. The van der Waals surface area contributed by atoms with E-state index in [1.165, 1.54) is 5.56 Å². The molecule has 31 heavy (non-hydrogen) atoms. The maximum absolute atomic E-state index is 12.3. The highest BCUT2D eigenvalue weighted by Gasteiger charge is 2.08. The van der Waals surface area contributed by atoms with Crippen LogP contribution >= 0.6 is 0 Å². The van der Waals surface area contributed by atoms with Gasteiger partial charge >= 0.3 is 0 Å². The Hall–Kier alpha value is -3.35. The van der Waals surface area contributed by atoms with E-state index in [0.29, 0.717) is 24.6 Å². The van der Waals surface area contributed by atoms with Crippen LogP contribution in [-0.4, -0.2) is 56.4 Å². The summed E-state index contributed by atoms with van der Waals surface area (Å²) in [6.45, 7) is 5.41. The van der Waals surface area contributed by atoms with E-state index in [9.17, 15) is 9.59 Å². The molecule has 2 aromatic carbocycles. The summed E-state index contributed by atoms with van der Waals surface area (Å²) in [5, 5.41) is 9.28. The molecule has 0 radical (unpaired) electrons. The number of carbonyl (C=O) groups is 2. The first kappa shape index (κ1) is 23.9. The molecule has 0 saturated heterocycles. The van der Waals surface area contributed by atoms with E-state index in [1.54, 1.807) is 19.0 Å². The molecule has 0 aromatic heterocycles. The Bertz CT molecular complexity index is 908. The maximum atomic E-state index is 12.3. The van der Waals surface area contributed by atoms with Crippen LogP contribution < -0.4 is 16.0 Å². The van der Waals surface area contributed by atoms with Crippen LogP contribution in [0.5, 0.6) is 0 Å². The van der Waals surface area contributed by atoms with Gasteiger partial charge in [0.05, 0.1) is 0 Å². The molecule has 7 nitrogen and oxygen atoms in total. The molecule has 0 aliphatic rings. The number of guanidine groups is 1. The first-order valence-corrected chi connectivity index (χ1v) is 10.6. The number of rotatable bonds is 9. The SMILES string of the molecule is CCNC(=NCC(=O)Nc1cccc(CC)c1)NCCc1cccc(C(=O)N(C)C)c1. The van der Waals surface area contributed by atoms with Gasteiger partial charge in [-0.3, -0.25) is 9.59 Å². The lowest BCUT2D eigenvalue weighted by Crippen LogP contribution is -2.39. The topological polar surface area (TPSA) is 85.8 Å². The molecule has 0 unspecified atom stereocenters. The molecular formula is C24H33N5O2. The highest BCUT2D eigenvalue weighted by Crippen LogP contribution is 2.11. The molecular weight excluding hydrogens is 390 g/mol. The summed E-state index contributed by atoms with van der Waals surface area (Å²) >= 11 is 0. The minimum atomic E-state index is -0.166. The zero-order valence-electron chi connectivity index (χ0n) is 18.9. The Labute approximate surface area is 184 Å². The lowest BCUT2D eigenvalue weighted by atomic mass is 10.1. The summed E-state index contributed by atoms with van der Waals surface area (Å²) in [4.78, 5) is 30.3. The number of hydrogen-bond acceptors (Lipinski definition) is 3. The second kappa shape index (κ2) is 12.4. The van der Waals surface area contributed by atoms with Gasteiger partial charge in [-0.25, -0.2) is 4.99 Å². The van der Waals surface area contributed by atoms with Gasteiger partial charge < -0.3 is 20.9 Å². The van der Waals surface area contributed by atoms with E-state index >= 15 is 0 Å². The van der Waals surface area contributed by atoms with Crippen molar-refractivity contribution in [3.63, 3.8) is 0 Å². The second-order valence-corrected chi connectivity index (χ2v) is 7.37. The third kappa shape index (κ3) is 8.12. The number of benzene rings is 2. The third-order valence-electron chi connectivity index (χ3n) is 4.63. The summed E-state index contributed by atoms with van der Waals surface area (Å²) in [6.07, 6.45) is 1.65. The van der Waals surface area contributed by atoms with Crippen molar-refractivity contribution in [3.05, 3.63) is 65.2 Å². The van der Waals surface area contributed by atoms with Gasteiger partial charge in [0.25, 0.3) is 5.91 Å². The number of amides is 2. The highest BCUT2D eigenvalue weighted by molar-refractivity contribution is 5.94. The number of anilines is 1. The fourth-order valence-electron chi connectivity index (χ4n) is 3.01. The Kier molecular flexibility index (Phi) is 9.55. The molecule has 2 aromatic rings. The monoisotopic (exact) mass is 423 g/mol. The molecule has 0 aliphatic carbocycles. The summed E-state index contributed by atoms with van der Waals surface area (Å²) < 4.78 is 0. The van der Waals surface area contributed by atoms with Crippen molar-refractivity contribution in [2.24, 2.45) is 4.99 Å². The van der Waals surface area contributed by atoms with Crippen LogP contribution in [0.4, 0.5) is 5.69 Å². The minimum Gasteiger partial charge on any atom is -0.357 e. The number of hydrogen-bond donors (Lipinski definition) is 3. The van der Waals surface area contributed by atoms with E-state index < -0.39 is 0 Å². The number of carbonyl (C=O) groups excluding carboxylic acids is 2. The van der Waals surface area contributed by atoms with Gasteiger partial charge in [0.15, 0.2) is 5.96 Å². The van der Waals surface area contributed by atoms with Crippen molar-refractivity contribution in [1.82, 2.24) is 15.5 Å². The fraction of sp³-hybridized carbons (Fsp3) is 0.375. The van der Waals surface area contributed by atoms with Gasteiger partial charge in [-0.1, -0.05) is 31.2 Å². The predicted octanol–water partition coefficient (Wildman–Crippen LogP) is 2.69. The number of nitrogens with zero attached hydrogens (tertiary/aromatic N) is 2. The molecule has 0 atom stereocenters. The van der Waals surface area contributed by atoms with Crippen LogP contribution in [0.15, 0.2) is 53.5 Å². The van der Waals surface area contributed by atoms with Gasteiger partial charge in [0.2, 0.25) is 5.91 Å². The van der Waals surface area contributed by atoms with Gasteiger partial charge in [-0.15, -0.1) is 0 Å². The molecule has 0 fully saturated rings. The van der Waals surface area contributed by atoms with E-state index in [4.69, 9.17) is 0 Å². The largest absolute Gasteiger partial charge is 0.357 e. The van der Waals surface area contributed by atoms with Crippen LogP contribution in [0.25, 0.3) is 0 Å². The van der Waals surface area contributed by atoms with Crippen LogP contribution in [0, 0.1) is 0 Å². The Morgan fingerprint density at radius 3 is 2.42 bits per heavy atom. The molecule has 0 bridgehead atoms. The zero-order valence-corrected chi connectivity index (χ0v) is 18.9. The van der Waals surface area contributed by atoms with Crippen molar-refractivity contribution in [3.8, 4) is 0 Å².